The van der Waals surface area contributed by atoms with Gasteiger partial charge in [-0.05, 0) is 17.7 Å². The fraction of sp³-hybridized carbons (Fsp3) is 0.0909. The van der Waals surface area contributed by atoms with Crippen molar-refractivity contribution in [3.63, 3.8) is 0 Å². The summed E-state index contributed by atoms with van der Waals surface area (Å²) in [6.45, 7) is 0. The van der Waals surface area contributed by atoms with Gasteiger partial charge in [0.05, 0.1) is 7.11 Å². The molecule has 0 saturated heterocycles. The Morgan fingerprint density at radius 2 is 1.93 bits per heavy atom. The molecule has 76 valence electrons. The summed E-state index contributed by atoms with van der Waals surface area (Å²) in [6.07, 6.45) is 3.12. The third-order valence-electron chi connectivity index (χ3n) is 2.06. The molecule has 0 fully saturated rings. The third kappa shape index (κ3) is 2.07. The minimum Gasteiger partial charge on any atom is -0.497 e. The van der Waals surface area contributed by atoms with Gasteiger partial charge in [0, 0.05) is 11.8 Å². The molecular weight excluding hydrogens is 212 g/mol. The molecule has 1 aromatic heterocycles. The Morgan fingerprint density at radius 1 is 1.20 bits per heavy atom. The van der Waals surface area contributed by atoms with Gasteiger partial charge in [-0.2, -0.15) is 0 Å². The molecule has 0 aliphatic rings. The van der Waals surface area contributed by atoms with Gasteiger partial charge < -0.3 is 4.74 Å². The van der Waals surface area contributed by atoms with Crippen molar-refractivity contribution in [3.05, 3.63) is 41.9 Å². The monoisotopic (exact) mass is 220 g/mol. The molecule has 0 aliphatic carbocycles. The number of methoxy groups -OCH3 is 1. The number of hydrogen-bond donors (Lipinski definition) is 0. The van der Waals surface area contributed by atoms with Gasteiger partial charge in [-0.25, -0.2) is 9.97 Å². The minimum atomic E-state index is 0.454. The lowest BCUT2D eigenvalue weighted by Crippen LogP contribution is -1.86. The Morgan fingerprint density at radius 3 is 2.53 bits per heavy atom. The second-order valence-corrected chi connectivity index (χ2v) is 3.31. The van der Waals surface area contributed by atoms with E-state index in [1.54, 1.807) is 13.3 Å². The topological polar surface area (TPSA) is 35.0 Å². The normalized spacial score (nSPS) is 10.0. The molecule has 1 aromatic carbocycles. The highest BCUT2D eigenvalue weighted by Crippen LogP contribution is 2.26. The number of hydrogen-bond acceptors (Lipinski definition) is 3. The number of ether oxygens (including phenoxy) is 1. The molecule has 0 radical (unpaired) electrons. The number of benzene rings is 1. The Labute approximate surface area is 92.7 Å². The van der Waals surface area contributed by atoms with Crippen LogP contribution in [0.15, 0.2) is 36.8 Å². The van der Waals surface area contributed by atoms with Crippen LogP contribution in [0.5, 0.6) is 5.75 Å². The highest BCUT2D eigenvalue weighted by molar-refractivity contribution is 6.32. The minimum absolute atomic E-state index is 0.454. The molecule has 4 heteroatoms. The largest absolute Gasteiger partial charge is 0.497 e. The van der Waals surface area contributed by atoms with Crippen molar-refractivity contribution in [1.29, 1.82) is 0 Å². The maximum Gasteiger partial charge on any atom is 0.140 e. The maximum atomic E-state index is 5.95. The first-order chi connectivity index (χ1) is 7.31. The zero-order valence-corrected chi connectivity index (χ0v) is 8.90. The van der Waals surface area contributed by atoms with Crippen LogP contribution in [0.1, 0.15) is 0 Å². The number of rotatable bonds is 2. The smallest absolute Gasteiger partial charge is 0.140 e. The molecule has 0 unspecified atom stereocenters. The first-order valence-corrected chi connectivity index (χ1v) is 4.79. The van der Waals surface area contributed by atoms with Crippen LogP contribution in [0.2, 0.25) is 5.15 Å². The van der Waals surface area contributed by atoms with Gasteiger partial charge in [0.15, 0.2) is 0 Å². The van der Waals surface area contributed by atoms with E-state index in [0.717, 1.165) is 16.9 Å². The fourth-order valence-electron chi connectivity index (χ4n) is 1.28. The molecule has 0 N–H and O–H groups in total. The van der Waals surface area contributed by atoms with E-state index in [9.17, 15) is 0 Å². The van der Waals surface area contributed by atoms with Gasteiger partial charge in [0.1, 0.15) is 17.2 Å². The van der Waals surface area contributed by atoms with Crippen LogP contribution in [-0.2, 0) is 0 Å². The molecule has 2 rings (SSSR count). The van der Waals surface area contributed by atoms with Crippen molar-refractivity contribution < 1.29 is 4.74 Å². The average Bonchev–Trinajstić information content (AvgIpc) is 2.30. The van der Waals surface area contributed by atoms with E-state index in [0.29, 0.717) is 5.15 Å². The lowest BCUT2D eigenvalue weighted by atomic mass is 10.1. The Balaban J connectivity index is 2.42. The SMILES string of the molecule is COc1ccc(-c2cncnc2Cl)cc1. The van der Waals surface area contributed by atoms with Crippen molar-refractivity contribution in [2.45, 2.75) is 0 Å². The molecule has 0 amide bonds. The predicted octanol–water partition coefficient (Wildman–Crippen LogP) is 2.81. The zero-order chi connectivity index (χ0) is 10.7. The highest BCUT2D eigenvalue weighted by atomic mass is 35.5. The van der Waals surface area contributed by atoms with Gasteiger partial charge in [-0.1, -0.05) is 23.7 Å². The van der Waals surface area contributed by atoms with E-state index in [2.05, 4.69) is 9.97 Å². The Bertz CT molecular complexity index is 456. The first kappa shape index (κ1) is 9.93. The fourth-order valence-corrected chi connectivity index (χ4v) is 1.48. The molecular formula is C11H9ClN2O. The van der Waals surface area contributed by atoms with E-state index in [-0.39, 0.29) is 0 Å². The van der Waals surface area contributed by atoms with Crippen LogP contribution in [-0.4, -0.2) is 17.1 Å². The van der Waals surface area contributed by atoms with Crippen molar-refractivity contribution >= 4 is 11.6 Å². The molecule has 2 aromatic rings. The number of nitrogens with zero attached hydrogens (tertiary/aromatic N) is 2. The summed E-state index contributed by atoms with van der Waals surface area (Å²) in [5.74, 6) is 0.812. The highest BCUT2D eigenvalue weighted by Gasteiger charge is 2.03. The molecule has 0 aliphatic heterocycles. The lowest BCUT2D eigenvalue weighted by molar-refractivity contribution is 0.415. The standard InChI is InChI=1S/C11H9ClN2O/c1-15-9-4-2-8(3-5-9)10-6-13-7-14-11(10)12/h2-7H,1H3. The van der Waals surface area contributed by atoms with Crippen LogP contribution in [0.3, 0.4) is 0 Å². The van der Waals surface area contributed by atoms with Crippen LogP contribution < -0.4 is 4.74 Å². The summed E-state index contributed by atoms with van der Waals surface area (Å²) < 4.78 is 5.07. The van der Waals surface area contributed by atoms with E-state index in [1.165, 1.54) is 6.33 Å². The number of halogens is 1. The van der Waals surface area contributed by atoms with Crippen LogP contribution in [0.25, 0.3) is 11.1 Å². The summed E-state index contributed by atoms with van der Waals surface area (Å²) in [7, 11) is 1.63. The van der Waals surface area contributed by atoms with Crippen LogP contribution in [0.4, 0.5) is 0 Å². The van der Waals surface area contributed by atoms with E-state index < -0.39 is 0 Å². The lowest BCUT2D eigenvalue weighted by Gasteiger charge is -2.04. The average molecular weight is 221 g/mol. The molecule has 0 saturated carbocycles. The van der Waals surface area contributed by atoms with Crippen molar-refractivity contribution in [2.24, 2.45) is 0 Å². The zero-order valence-electron chi connectivity index (χ0n) is 8.14. The number of aromatic nitrogens is 2. The first-order valence-electron chi connectivity index (χ1n) is 4.41. The van der Waals surface area contributed by atoms with Crippen molar-refractivity contribution in [2.75, 3.05) is 7.11 Å². The molecule has 0 spiro atoms. The second-order valence-electron chi connectivity index (χ2n) is 2.96. The third-order valence-corrected chi connectivity index (χ3v) is 2.37. The maximum absolute atomic E-state index is 5.95. The summed E-state index contributed by atoms with van der Waals surface area (Å²) in [6, 6.07) is 7.59. The van der Waals surface area contributed by atoms with E-state index in [4.69, 9.17) is 16.3 Å². The quantitative estimate of drug-likeness (QED) is 0.730. The van der Waals surface area contributed by atoms with Crippen molar-refractivity contribution in [3.8, 4) is 16.9 Å². The van der Waals surface area contributed by atoms with Crippen LogP contribution >= 0.6 is 11.6 Å². The van der Waals surface area contributed by atoms with Gasteiger partial charge >= 0.3 is 0 Å². The Hall–Kier alpha value is -1.61. The Kier molecular flexibility index (Phi) is 2.83. The molecule has 15 heavy (non-hydrogen) atoms. The van der Waals surface area contributed by atoms with Gasteiger partial charge in [0.2, 0.25) is 0 Å². The van der Waals surface area contributed by atoms with Gasteiger partial charge in [-0.15, -0.1) is 0 Å². The van der Waals surface area contributed by atoms with Gasteiger partial charge in [-0.3, -0.25) is 0 Å². The summed E-state index contributed by atoms with van der Waals surface area (Å²) in [5, 5.41) is 0.454. The molecule has 0 atom stereocenters. The predicted molar refractivity (Wildman–Crippen MR) is 59.0 cm³/mol. The van der Waals surface area contributed by atoms with E-state index >= 15 is 0 Å². The molecule has 3 nitrogen and oxygen atoms in total. The van der Waals surface area contributed by atoms with Crippen molar-refractivity contribution in [1.82, 2.24) is 9.97 Å². The molecule has 1 heterocycles. The summed E-state index contributed by atoms with van der Waals surface area (Å²) in [4.78, 5) is 7.86. The summed E-state index contributed by atoms with van der Waals surface area (Å²) >= 11 is 5.95. The molecule has 0 bridgehead atoms. The summed E-state index contributed by atoms with van der Waals surface area (Å²) in [5.41, 5.74) is 1.79. The second kappa shape index (κ2) is 4.28. The van der Waals surface area contributed by atoms with Crippen LogP contribution in [0, 0.1) is 0 Å². The van der Waals surface area contributed by atoms with E-state index in [1.807, 2.05) is 24.3 Å². The van der Waals surface area contributed by atoms with Gasteiger partial charge in [0.25, 0.3) is 0 Å².